The van der Waals surface area contributed by atoms with Gasteiger partial charge in [0, 0.05) is 25.0 Å². The number of oxazole rings is 1. The SMILES string of the molecule is Cn1cc(CS(=O)(=O)c2nc3ccc(N)cc3o2)nn1. The quantitative estimate of drug-likeness (QED) is 0.699. The second kappa shape index (κ2) is 4.30. The molecule has 9 heteroatoms. The van der Waals surface area contributed by atoms with E-state index in [2.05, 4.69) is 15.3 Å². The van der Waals surface area contributed by atoms with Crippen LogP contribution in [0.3, 0.4) is 0 Å². The van der Waals surface area contributed by atoms with Crippen molar-refractivity contribution >= 4 is 26.6 Å². The average molecular weight is 293 g/mol. The highest BCUT2D eigenvalue weighted by Gasteiger charge is 2.24. The molecule has 0 saturated heterocycles. The van der Waals surface area contributed by atoms with Crippen molar-refractivity contribution in [3.05, 3.63) is 30.1 Å². The minimum Gasteiger partial charge on any atom is -0.428 e. The van der Waals surface area contributed by atoms with Gasteiger partial charge in [0.15, 0.2) is 5.58 Å². The molecule has 0 radical (unpaired) electrons. The summed E-state index contributed by atoms with van der Waals surface area (Å²) in [5, 5.41) is 7.08. The molecular formula is C11H11N5O3S. The van der Waals surface area contributed by atoms with Crippen LogP contribution in [0.2, 0.25) is 0 Å². The minimum atomic E-state index is -3.71. The lowest BCUT2D eigenvalue weighted by Gasteiger charge is -1.95. The first kappa shape index (κ1) is 12.6. The van der Waals surface area contributed by atoms with Gasteiger partial charge in [0.05, 0.1) is 5.69 Å². The van der Waals surface area contributed by atoms with E-state index in [4.69, 9.17) is 10.2 Å². The van der Waals surface area contributed by atoms with Gasteiger partial charge in [-0.3, -0.25) is 4.68 Å². The van der Waals surface area contributed by atoms with E-state index in [9.17, 15) is 8.42 Å². The fourth-order valence-electron chi connectivity index (χ4n) is 1.77. The first-order chi connectivity index (χ1) is 9.44. The maximum atomic E-state index is 12.2. The zero-order valence-corrected chi connectivity index (χ0v) is 11.3. The molecule has 3 aromatic rings. The van der Waals surface area contributed by atoms with Crippen LogP contribution in [0.25, 0.3) is 11.1 Å². The molecule has 8 nitrogen and oxygen atoms in total. The topological polar surface area (TPSA) is 117 Å². The molecule has 20 heavy (non-hydrogen) atoms. The zero-order valence-electron chi connectivity index (χ0n) is 10.5. The summed E-state index contributed by atoms with van der Waals surface area (Å²) in [6, 6.07) is 4.77. The summed E-state index contributed by atoms with van der Waals surface area (Å²) in [6.07, 6.45) is 1.53. The molecule has 0 aliphatic rings. The highest BCUT2D eigenvalue weighted by molar-refractivity contribution is 7.90. The Morgan fingerprint density at radius 1 is 1.40 bits per heavy atom. The van der Waals surface area contributed by atoms with E-state index in [0.29, 0.717) is 22.5 Å². The smallest absolute Gasteiger partial charge is 0.316 e. The zero-order chi connectivity index (χ0) is 14.3. The number of nitrogens with zero attached hydrogens (tertiary/aromatic N) is 4. The van der Waals surface area contributed by atoms with Crippen LogP contribution in [0.5, 0.6) is 0 Å². The number of benzene rings is 1. The van der Waals surface area contributed by atoms with Crippen molar-refractivity contribution in [2.24, 2.45) is 7.05 Å². The molecule has 104 valence electrons. The number of aromatic nitrogens is 4. The molecule has 0 bridgehead atoms. The number of anilines is 1. The van der Waals surface area contributed by atoms with Gasteiger partial charge in [0.1, 0.15) is 11.3 Å². The molecular weight excluding hydrogens is 282 g/mol. The lowest BCUT2D eigenvalue weighted by atomic mass is 10.3. The molecule has 0 amide bonds. The molecule has 0 unspecified atom stereocenters. The molecule has 0 fully saturated rings. The second-order valence-electron chi connectivity index (χ2n) is 4.35. The molecule has 3 rings (SSSR count). The average Bonchev–Trinajstić information content (AvgIpc) is 2.95. The van der Waals surface area contributed by atoms with Crippen LogP contribution in [-0.4, -0.2) is 28.4 Å². The third kappa shape index (κ3) is 2.23. The van der Waals surface area contributed by atoms with Gasteiger partial charge in [0.2, 0.25) is 9.84 Å². The summed E-state index contributed by atoms with van der Waals surface area (Å²) >= 11 is 0. The van der Waals surface area contributed by atoms with Crippen molar-refractivity contribution in [3.63, 3.8) is 0 Å². The number of nitrogens with two attached hydrogens (primary N) is 1. The van der Waals surface area contributed by atoms with Crippen molar-refractivity contribution in [3.8, 4) is 0 Å². The van der Waals surface area contributed by atoms with E-state index >= 15 is 0 Å². The fourth-order valence-corrected chi connectivity index (χ4v) is 2.87. The number of aryl methyl sites for hydroxylation is 1. The Labute approximate surface area is 114 Å². The first-order valence-electron chi connectivity index (χ1n) is 5.68. The summed E-state index contributed by atoms with van der Waals surface area (Å²) in [5.74, 6) is -0.316. The Kier molecular flexibility index (Phi) is 2.71. The largest absolute Gasteiger partial charge is 0.428 e. The number of nitrogen functional groups attached to an aromatic ring is 1. The highest BCUT2D eigenvalue weighted by atomic mass is 32.2. The van der Waals surface area contributed by atoms with Crippen molar-refractivity contribution in [2.75, 3.05) is 5.73 Å². The predicted molar refractivity (Wildman–Crippen MR) is 70.3 cm³/mol. The Bertz CT molecular complexity index is 880. The van der Waals surface area contributed by atoms with Crippen molar-refractivity contribution < 1.29 is 12.8 Å². The van der Waals surface area contributed by atoms with Crippen LogP contribution >= 0.6 is 0 Å². The van der Waals surface area contributed by atoms with Gasteiger partial charge in [-0.05, 0) is 12.1 Å². The van der Waals surface area contributed by atoms with Crippen LogP contribution in [0.4, 0.5) is 5.69 Å². The Hall–Kier alpha value is -2.42. The van der Waals surface area contributed by atoms with Crippen molar-refractivity contribution in [2.45, 2.75) is 11.0 Å². The Morgan fingerprint density at radius 3 is 2.90 bits per heavy atom. The maximum absolute atomic E-state index is 12.2. The highest BCUT2D eigenvalue weighted by Crippen LogP contribution is 2.23. The first-order valence-corrected chi connectivity index (χ1v) is 7.33. The van der Waals surface area contributed by atoms with E-state index in [1.807, 2.05) is 0 Å². The summed E-state index contributed by atoms with van der Waals surface area (Å²) < 4.78 is 31.1. The molecule has 2 N–H and O–H groups in total. The van der Waals surface area contributed by atoms with E-state index in [0.717, 1.165) is 0 Å². The van der Waals surface area contributed by atoms with Gasteiger partial charge in [-0.15, -0.1) is 5.10 Å². The van der Waals surface area contributed by atoms with E-state index in [-0.39, 0.29) is 11.0 Å². The van der Waals surface area contributed by atoms with Gasteiger partial charge in [-0.2, -0.15) is 4.98 Å². The summed E-state index contributed by atoms with van der Waals surface area (Å²) in [6.45, 7) is 0. The summed E-state index contributed by atoms with van der Waals surface area (Å²) in [5.41, 5.74) is 7.19. The molecule has 0 spiro atoms. The van der Waals surface area contributed by atoms with Crippen LogP contribution in [0.15, 0.2) is 34.0 Å². The van der Waals surface area contributed by atoms with Gasteiger partial charge >= 0.3 is 5.22 Å². The molecule has 0 aliphatic carbocycles. The van der Waals surface area contributed by atoms with Gasteiger partial charge in [0.25, 0.3) is 0 Å². The molecule has 2 heterocycles. The minimum absolute atomic E-state index is 0.316. The number of sulfone groups is 1. The van der Waals surface area contributed by atoms with Crippen LogP contribution in [0.1, 0.15) is 5.69 Å². The van der Waals surface area contributed by atoms with Gasteiger partial charge < -0.3 is 10.2 Å². The Balaban J connectivity index is 2.00. The second-order valence-corrected chi connectivity index (χ2v) is 6.22. The predicted octanol–water partition coefficient (Wildman–Crippen LogP) is 0.512. The fraction of sp³-hybridized carbons (Fsp3) is 0.182. The third-order valence-corrected chi connectivity index (χ3v) is 4.03. The van der Waals surface area contributed by atoms with Gasteiger partial charge in [-0.25, -0.2) is 8.42 Å². The number of hydrogen-bond acceptors (Lipinski definition) is 7. The number of fused-ring (bicyclic) bond motifs is 1. The van der Waals surface area contributed by atoms with Crippen LogP contribution in [0, 0.1) is 0 Å². The molecule has 0 atom stereocenters. The number of rotatable bonds is 3. The van der Waals surface area contributed by atoms with Crippen LogP contribution in [-0.2, 0) is 22.6 Å². The molecule has 0 aliphatic heterocycles. The molecule has 1 aromatic carbocycles. The third-order valence-electron chi connectivity index (χ3n) is 2.65. The standard InChI is InChI=1S/C11H11N5O3S/c1-16-5-8(14-15-16)6-20(17,18)11-13-9-3-2-7(12)4-10(9)19-11/h2-5H,6,12H2,1H3. The summed E-state index contributed by atoms with van der Waals surface area (Å²) in [4.78, 5) is 3.96. The lowest BCUT2D eigenvalue weighted by molar-refractivity contribution is 0.458. The van der Waals surface area contributed by atoms with Crippen molar-refractivity contribution in [1.29, 1.82) is 0 Å². The molecule has 0 saturated carbocycles. The maximum Gasteiger partial charge on any atom is 0.316 e. The van der Waals surface area contributed by atoms with Gasteiger partial charge in [-0.1, -0.05) is 5.21 Å². The summed E-state index contributed by atoms with van der Waals surface area (Å²) in [7, 11) is -2.05. The Morgan fingerprint density at radius 2 is 2.20 bits per heavy atom. The lowest BCUT2D eigenvalue weighted by Crippen LogP contribution is -2.05. The van der Waals surface area contributed by atoms with E-state index in [1.54, 1.807) is 19.2 Å². The van der Waals surface area contributed by atoms with Crippen molar-refractivity contribution in [1.82, 2.24) is 20.0 Å². The molecule has 2 aromatic heterocycles. The van der Waals surface area contributed by atoms with E-state index in [1.165, 1.54) is 16.9 Å². The van der Waals surface area contributed by atoms with E-state index < -0.39 is 9.84 Å². The number of hydrogen-bond donors (Lipinski definition) is 1. The monoisotopic (exact) mass is 293 g/mol. The normalized spacial score (nSPS) is 12.1. The van der Waals surface area contributed by atoms with Crippen LogP contribution < -0.4 is 5.73 Å².